The van der Waals surface area contributed by atoms with E-state index in [0.29, 0.717) is 0 Å². The van der Waals surface area contributed by atoms with Gasteiger partial charge >= 0.3 is 0 Å². The molecule has 0 N–H and O–H groups in total. The first-order chi connectivity index (χ1) is 13.8. The second kappa shape index (κ2) is 6.42. The molecule has 28 heavy (non-hydrogen) atoms. The molecule has 5 rings (SSSR count). The third kappa shape index (κ3) is 2.21. The van der Waals surface area contributed by atoms with E-state index in [1.165, 1.54) is 49.1 Å². The number of rotatable bonds is 2. The highest BCUT2D eigenvalue weighted by atomic mass is 15.0. The van der Waals surface area contributed by atoms with Crippen LogP contribution in [0.5, 0.6) is 0 Å². The highest BCUT2D eigenvalue weighted by Gasteiger charge is 2.33. The largest absolute Gasteiger partial charge is 0.310 e. The fraction of sp³-hybridized carbons (Fsp3) is 0.0769. The lowest BCUT2D eigenvalue weighted by Crippen LogP contribution is -2.57. The molecule has 0 spiro atoms. The standard InChI is InChI=1S/C26H22BN/c1-4-11-24-19(5-2)20-13-10-16-23-26(20)28(24)25-17-9-8-15-22(25)27(23)21-14-7-6-12-18(21)3/h4-17H,1H2,2-3H3/b19-5-,24-11+. The van der Waals surface area contributed by atoms with Gasteiger partial charge in [-0.3, -0.25) is 0 Å². The summed E-state index contributed by atoms with van der Waals surface area (Å²) in [6, 6.07) is 24.3. The summed E-state index contributed by atoms with van der Waals surface area (Å²) in [6.07, 6.45) is 6.24. The van der Waals surface area contributed by atoms with Crippen molar-refractivity contribution in [2.75, 3.05) is 0 Å². The first-order valence-electron chi connectivity index (χ1n) is 9.83. The van der Waals surface area contributed by atoms with Crippen LogP contribution in [0.4, 0.5) is 0 Å². The van der Waals surface area contributed by atoms with Crippen LogP contribution in [-0.2, 0) is 0 Å². The molecular formula is C26H22BN. The van der Waals surface area contributed by atoms with Crippen LogP contribution in [0.2, 0.25) is 0 Å². The van der Waals surface area contributed by atoms with Gasteiger partial charge in [-0.1, -0.05) is 90.4 Å². The van der Waals surface area contributed by atoms with E-state index >= 15 is 0 Å². The maximum absolute atomic E-state index is 3.96. The van der Waals surface area contributed by atoms with Gasteiger partial charge in [0.15, 0.2) is 0 Å². The SMILES string of the molecule is C=C/C=c1\c(=C/C)c2cccc3c2n1-c1ccccc1B3c1ccccc1C. The highest BCUT2D eigenvalue weighted by molar-refractivity contribution is 6.98. The van der Waals surface area contributed by atoms with Crippen molar-refractivity contribution in [1.82, 2.24) is 4.57 Å². The van der Waals surface area contributed by atoms with Crippen LogP contribution >= 0.6 is 0 Å². The molecule has 0 atom stereocenters. The molecule has 0 fully saturated rings. The zero-order valence-corrected chi connectivity index (χ0v) is 16.3. The summed E-state index contributed by atoms with van der Waals surface area (Å²) >= 11 is 0. The minimum Gasteiger partial charge on any atom is -0.310 e. The Bertz CT molecular complexity index is 1360. The Morgan fingerprint density at radius 2 is 1.57 bits per heavy atom. The van der Waals surface area contributed by atoms with E-state index in [0.717, 1.165) is 0 Å². The second-order valence-electron chi connectivity index (χ2n) is 7.42. The number of hydrogen-bond acceptors (Lipinski definition) is 0. The van der Waals surface area contributed by atoms with Crippen molar-refractivity contribution in [3.05, 3.63) is 95.5 Å². The van der Waals surface area contributed by atoms with Crippen LogP contribution in [-0.4, -0.2) is 11.3 Å². The zero-order valence-electron chi connectivity index (χ0n) is 16.3. The topological polar surface area (TPSA) is 4.93 Å². The van der Waals surface area contributed by atoms with Gasteiger partial charge in [0, 0.05) is 21.8 Å². The van der Waals surface area contributed by atoms with Crippen molar-refractivity contribution in [3.8, 4) is 5.69 Å². The number of fused-ring (bicyclic) bond motifs is 2. The number of benzene rings is 3. The number of aryl methyl sites for hydroxylation is 1. The maximum atomic E-state index is 3.96. The highest BCUT2D eigenvalue weighted by Crippen LogP contribution is 2.19. The van der Waals surface area contributed by atoms with Crippen LogP contribution < -0.4 is 27.0 Å². The summed E-state index contributed by atoms with van der Waals surface area (Å²) in [4.78, 5) is 0. The van der Waals surface area contributed by atoms with Crippen LogP contribution in [0.25, 0.3) is 28.7 Å². The third-order valence-electron chi connectivity index (χ3n) is 5.96. The molecule has 3 aromatic carbocycles. The number of para-hydroxylation sites is 2. The summed E-state index contributed by atoms with van der Waals surface area (Å²) in [7, 11) is 0. The molecule has 0 bridgehead atoms. The van der Waals surface area contributed by atoms with Crippen molar-refractivity contribution >= 4 is 46.2 Å². The molecule has 2 heteroatoms. The summed E-state index contributed by atoms with van der Waals surface area (Å²) in [6.45, 7) is 8.54. The molecule has 1 nitrogen and oxygen atoms in total. The lowest BCUT2D eigenvalue weighted by atomic mass is 9.35. The monoisotopic (exact) mass is 359 g/mol. The molecule has 1 aliphatic heterocycles. The Morgan fingerprint density at radius 3 is 2.32 bits per heavy atom. The van der Waals surface area contributed by atoms with Crippen LogP contribution in [0.15, 0.2) is 79.4 Å². The average Bonchev–Trinajstić information content (AvgIpc) is 3.04. The predicted molar refractivity (Wildman–Crippen MR) is 123 cm³/mol. The Labute approximate surface area is 166 Å². The van der Waals surface area contributed by atoms with E-state index in [4.69, 9.17) is 0 Å². The van der Waals surface area contributed by atoms with Crippen LogP contribution in [0.1, 0.15) is 12.5 Å². The number of hydrogen-bond donors (Lipinski definition) is 0. The van der Waals surface area contributed by atoms with Crippen molar-refractivity contribution in [1.29, 1.82) is 0 Å². The van der Waals surface area contributed by atoms with Gasteiger partial charge in [0.2, 0.25) is 6.71 Å². The van der Waals surface area contributed by atoms with Gasteiger partial charge < -0.3 is 4.57 Å². The van der Waals surface area contributed by atoms with Gasteiger partial charge in [0.05, 0.1) is 5.35 Å². The molecule has 1 aromatic heterocycles. The van der Waals surface area contributed by atoms with Gasteiger partial charge in [-0.25, -0.2) is 0 Å². The molecule has 2 heterocycles. The lowest BCUT2D eigenvalue weighted by Gasteiger charge is -2.27. The van der Waals surface area contributed by atoms with Crippen LogP contribution in [0.3, 0.4) is 0 Å². The lowest BCUT2D eigenvalue weighted by molar-refractivity contribution is 1.08. The summed E-state index contributed by atoms with van der Waals surface area (Å²) in [5.74, 6) is 0. The minimum atomic E-state index is 0.241. The zero-order chi connectivity index (χ0) is 19.3. The van der Waals surface area contributed by atoms with Crippen molar-refractivity contribution in [2.45, 2.75) is 13.8 Å². The van der Waals surface area contributed by atoms with Crippen molar-refractivity contribution in [3.63, 3.8) is 0 Å². The molecule has 4 aromatic rings. The summed E-state index contributed by atoms with van der Waals surface area (Å²) < 4.78 is 2.42. The van der Waals surface area contributed by atoms with Gasteiger partial charge in [-0.05, 0) is 36.9 Å². The van der Waals surface area contributed by atoms with E-state index in [-0.39, 0.29) is 6.71 Å². The van der Waals surface area contributed by atoms with Gasteiger partial charge in [-0.15, -0.1) is 0 Å². The number of aromatic nitrogens is 1. The average molecular weight is 359 g/mol. The second-order valence-corrected chi connectivity index (χ2v) is 7.42. The summed E-state index contributed by atoms with van der Waals surface area (Å²) in [5, 5.41) is 3.79. The Morgan fingerprint density at radius 1 is 0.857 bits per heavy atom. The molecule has 1 aliphatic rings. The normalized spacial score (nSPS) is 13.9. The Hall–Kier alpha value is -3.26. The Balaban J connectivity index is 2.04. The van der Waals surface area contributed by atoms with Gasteiger partial charge in [0.25, 0.3) is 0 Å². The fourth-order valence-corrected chi connectivity index (χ4v) is 4.82. The first-order valence-corrected chi connectivity index (χ1v) is 9.83. The molecule has 0 amide bonds. The van der Waals surface area contributed by atoms with E-state index in [9.17, 15) is 0 Å². The van der Waals surface area contributed by atoms with Gasteiger partial charge in [-0.2, -0.15) is 0 Å². The molecule has 134 valence electrons. The molecule has 0 radical (unpaired) electrons. The van der Waals surface area contributed by atoms with Crippen molar-refractivity contribution in [2.24, 2.45) is 0 Å². The first kappa shape index (κ1) is 16.9. The Kier molecular flexibility index (Phi) is 3.87. The number of allylic oxidation sites excluding steroid dienone is 1. The predicted octanol–water partition coefficient (Wildman–Crippen LogP) is 2.54. The molecule has 0 aliphatic carbocycles. The molecule has 0 unspecified atom stereocenters. The maximum Gasteiger partial charge on any atom is 0.247 e. The van der Waals surface area contributed by atoms with Crippen molar-refractivity contribution < 1.29 is 0 Å². The minimum absolute atomic E-state index is 0.241. The fourth-order valence-electron chi connectivity index (χ4n) is 4.82. The molecule has 0 saturated heterocycles. The smallest absolute Gasteiger partial charge is 0.247 e. The third-order valence-corrected chi connectivity index (χ3v) is 5.96. The molecular weight excluding hydrogens is 337 g/mol. The van der Waals surface area contributed by atoms with E-state index in [1.807, 2.05) is 6.08 Å². The number of nitrogens with zero attached hydrogens (tertiary/aromatic N) is 1. The molecule has 0 saturated carbocycles. The van der Waals surface area contributed by atoms with E-state index in [2.05, 4.69) is 104 Å². The van der Waals surface area contributed by atoms with Gasteiger partial charge in [0.1, 0.15) is 0 Å². The summed E-state index contributed by atoms with van der Waals surface area (Å²) in [5.41, 5.74) is 8.02. The quantitative estimate of drug-likeness (QED) is 0.427. The van der Waals surface area contributed by atoms with E-state index < -0.39 is 0 Å². The van der Waals surface area contributed by atoms with E-state index in [1.54, 1.807) is 0 Å². The van der Waals surface area contributed by atoms with Crippen LogP contribution in [0, 0.1) is 6.92 Å².